The van der Waals surface area contributed by atoms with Gasteiger partial charge < -0.3 is 5.32 Å². The smallest absolute Gasteiger partial charge is 0.221 e. The highest BCUT2D eigenvalue weighted by Gasteiger charge is 2.01. The van der Waals surface area contributed by atoms with Crippen molar-refractivity contribution < 1.29 is 4.79 Å². The molecule has 0 aliphatic rings. The van der Waals surface area contributed by atoms with E-state index in [1.807, 2.05) is 37.3 Å². The van der Waals surface area contributed by atoms with Gasteiger partial charge in [-0.05, 0) is 37.3 Å². The molecule has 4 heteroatoms. The predicted molar refractivity (Wildman–Crippen MR) is 66.5 cm³/mol. The van der Waals surface area contributed by atoms with Crippen LogP contribution in [-0.4, -0.2) is 15.9 Å². The van der Waals surface area contributed by atoms with Crippen molar-refractivity contribution in [1.82, 2.24) is 9.97 Å². The Hall–Kier alpha value is -2.23. The van der Waals surface area contributed by atoms with E-state index in [0.29, 0.717) is 5.82 Å². The normalized spacial score (nSPS) is 10.0. The van der Waals surface area contributed by atoms with Crippen LogP contribution >= 0.6 is 0 Å². The van der Waals surface area contributed by atoms with Crippen molar-refractivity contribution in [3.05, 3.63) is 42.2 Å². The minimum Gasteiger partial charge on any atom is -0.326 e. The van der Waals surface area contributed by atoms with E-state index in [1.54, 1.807) is 6.20 Å². The Labute approximate surface area is 99.7 Å². The average Bonchev–Trinajstić information content (AvgIpc) is 2.29. The maximum Gasteiger partial charge on any atom is 0.221 e. The van der Waals surface area contributed by atoms with E-state index in [0.717, 1.165) is 16.9 Å². The average molecular weight is 227 g/mol. The van der Waals surface area contributed by atoms with Crippen LogP contribution in [-0.2, 0) is 4.79 Å². The lowest BCUT2D eigenvalue weighted by Gasteiger charge is -2.04. The quantitative estimate of drug-likeness (QED) is 0.857. The van der Waals surface area contributed by atoms with Crippen LogP contribution in [0.15, 0.2) is 36.5 Å². The van der Waals surface area contributed by atoms with Gasteiger partial charge in [-0.1, -0.05) is 0 Å². The van der Waals surface area contributed by atoms with Crippen molar-refractivity contribution in [1.29, 1.82) is 0 Å². The van der Waals surface area contributed by atoms with Crippen LogP contribution in [0.25, 0.3) is 11.4 Å². The molecule has 1 heterocycles. The molecule has 4 nitrogen and oxygen atoms in total. The van der Waals surface area contributed by atoms with Gasteiger partial charge in [-0.15, -0.1) is 0 Å². The topological polar surface area (TPSA) is 54.9 Å². The van der Waals surface area contributed by atoms with Gasteiger partial charge in [-0.3, -0.25) is 4.79 Å². The number of aromatic nitrogens is 2. The summed E-state index contributed by atoms with van der Waals surface area (Å²) in [5, 5.41) is 2.72. The van der Waals surface area contributed by atoms with Crippen LogP contribution in [0, 0.1) is 6.92 Å². The third kappa shape index (κ3) is 2.87. The molecule has 2 rings (SSSR count). The zero-order valence-corrected chi connectivity index (χ0v) is 9.77. The maximum atomic E-state index is 10.9. The van der Waals surface area contributed by atoms with Crippen LogP contribution in [0.1, 0.15) is 12.6 Å². The van der Waals surface area contributed by atoms with E-state index in [2.05, 4.69) is 15.3 Å². The van der Waals surface area contributed by atoms with Gasteiger partial charge in [0.1, 0.15) is 0 Å². The SMILES string of the molecule is CC(=O)Nc1ccc(-c2nccc(C)n2)cc1. The van der Waals surface area contributed by atoms with Crippen LogP contribution in [0.3, 0.4) is 0 Å². The number of anilines is 1. The fourth-order valence-electron chi connectivity index (χ4n) is 1.49. The molecule has 0 unspecified atom stereocenters. The van der Waals surface area contributed by atoms with Crippen LogP contribution in [0.5, 0.6) is 0 Å². The molecular formula is C13H13N3O. The summed E-state index contributed by atoms with van der Waals surface area (Å²) in [7, 11) is 0. The standard InChI is InChI=1S/C13H13N3O/c1-9-7-8-14-13(15-9)11-3-5-12(6-4-11)16-10(2)17/h3-8H,1-2H3,(H,16,17). The maximum absolute atomic E-state index is 10.9. The Bertz CT molecular complexity index is 535. The largest absolute Gasteiger partial charge is 0.326 e. The summed E-state index contributed by atoms with van der Waals surface area (Å²) in [6.07, 6.45) is 1.74. The highest BCUT2D eigenvalue weighted by Crippen LogP contribution is 2.17. The number of carbonyl (C=O) groups is 1. The zero-order chi connectivity index (χ0) is 12.3. The molecule has 0 aliphatic heterocycles. The zero-order valence-electron chi connectivity index (χ0n) is 9.77. The van der Waals surface area contributed by atoms with Crippen LogP contribution in [0.2, 0.25) is 0 Å². The molecule has 2 aromatic rings. The first-order valence-electron chi connectivity index (χ1n) is 5.33. The molecule has 0 radical (unpaired) electrons. The number of nitrogens with zero attached hydrogens (tertiary/aromatic N) is 2. The number of rotatable bonds is 2. The number of hydrogen-bond acceptors (Lipinski definition) is 3. The number of hydrogen-bond donors (Lipinski definition) is 1. The third-order valence-corrected chi connectivity index (χ3v) is 2.26. The fourth-order valence-corrected chi connectivity index (χ4v) is 1.49. The lowest BCUT2D eigenvalue weighted by atomic mass is 10.2. The van der Waals surface area contributed by atoms with Gasteiger partial charge in [0.15, 0.2) is 5.82 Å². The Balaban J connectivity index is 2.26. The number of benzene rings is 1. The van der Waals surface area contributed by atoms with Gasteiger partial charge in [0.2, 0.25) is 5.91 Å². The number of aryl methyl sites for hydroxylation is 1. The van der Waals surface area contributed by atoms with Crippen molar-refractivity contribution in [3.63, 3.8) is 0 Å². The highest BCUT2D eigenvalue weighted by atomic mass is 16.1. The minimum atomic E-state index is -0.0791. The molecule has 0 saturated heterocycles. The second-order valence-electron chi connectivity index (χ2n) is 3.78. The van der Waals surface area contributed by atoms with E-state index in [1.165, 1.54) is 6.92 Å². The first-order chi connectivity index (χ1) is 8.15. The summed E-state index contributed by atoms with van der Waals surface area (Å²) in [5.41, 5.74) is 2.64. The molecule has 0 saturated carbocycles. The molecule has 0 fully saturated rings. The lowest BCUT2D eigenvalue weighted by Crippen LogP contribution is -2.05. The van der Waals surface area contributed by atoms with Crippen molar-refractivity contribution in [2.45, 2.75) is 13.8 Å². The molecule has 1 amide bonds. The lowest BCUT2D eigenvalue weighted by molar-refractivity contribution is -0.114. The summed E-state index contributed by atoms with van der Waals surface area (Å²) in [5.74, 6) is 0.615. The molecule has 1 aromatic heterocycles. The fraction of sp³-hybridized carbons (Fsp3) is 0.154. The van der Waals surface area contributed by atoms with Crippen LogP contribution < -0.4 is 5.32 Å². The molecule has 1 aromatic carbocycles. The van der Waals surface area contributed by atoms with E-state index in [9.17, 15) is 4.79 Å². The Kier molecular flexibility index (Phi) is 3.14. The second kappa shape index (κ2) is 4.74. The number of carbonyl (C=O) groups excluding carboxylic acids is 1. The first-order valence-corrected chi connectivity index (χ1v) is 5.33. The van der Waals surface area contributed by atoms with E-state index >= 15 is 0 Å². The Morgan fingerprint density at radius 3 is 2.47 bits per heavy atom. The van der Waals surface area contributed by atoms with E-state index < -0.39 is 0 Å². The van der Waals surface area contributed by atoms with Crippen molar-refractivity contribution >= 4 is 11.6 Å². The number of amides is 1. The molecule has 17 heavy (non-hydrogen) atoms. The molecule has 0 atom stereocenters. The van der Waals surface area contributed by atoms with Gasteiger partial charge >= 0.3 is 0 Å². The molecule has 86 valence electrons. The minimum absolute atomic E-state index is 0.0791. The molecule has 0 aliphatic carbocycles. The molecule has 0 spiro atoms. The van der Waals surface area contributed by atoms with Crippen molar-refractivity contribution in [2.75, 3.05) is 5.32 Å². The second-order valence-corrected chi connectivity index (χ2v) is 3.78. The number of nitrogens with one attached hydrogen (secondary N) is 1. The van der Waals surface area contributed by atoms with Gasteiger partial charge in [-0.25, -0.2) is 9.97 Å². The summed E-state index contributed by atoms with van der Waals surface area (Å²) >= 11 is 0. The van der Waals surface area contributed by atoms with Gasteiger partial charge in [-0.2, -0.15) is 0 Å². The summed E-state index contributed by atoms with van der Waals surface area (Å²) in [4.78, 5) is 19.4. The van der Waals surface area contributed by atoms with Crippen LogP contribution in [0.4, 0.5) is 5.69 Å². The van der Waals surface area contributed by atoms with Crippen molar-refractivity contribution in [3.8, 4) is 11.4 Å². The Morgan fingerprint density at radius 2 is 1.88 bits per heavy atom. The summed E-state index contributed by atoms with van der Waals surface area (Å²) in [6.45, 7) is 3.41. The Morgan fingerprint density at radius 1 is 1.18 bits per heavy atom. The molecule has 0 bridgehead atoms. The van der Waals surface area contributed by atoms with Gasteiger partial charge in [0.25, 0.3) is 0 Å². The van der Waals surface area contributed by atoms with E-state index in [-0.39, 0.29) is 5.91 Å². The van der Waals surface area contributed by atoms with Gasteiger partial charge in [0.05, 0.1) is 0 Å². The van der Waals surface area contributed by atoms with E-state index in [4.69, 9.17) is 0 Å². The molecular weight excluding hydrogens is 214 g/mol. The van der Waals surface area contributed by atoms with Crippen molar-refractivity contribution in [2.24, 2.45) is 0 Å². The summed E-state index contributed by atoms with van der Waals surface area (Å²) < 4.78 is 0. The molecule has 1 N–H and O–H groups in total. The monoisotopic (exact) mass is 227 g/mol. The third-order valence-electron chi connectivity index (χ3n) is 2.26. The predicted octanol–water partition coefficient (Wildman–Crippen LogP) is 2.41. The summed E-state index contributed by atoms with van der Waals surface area (Å²) in [6, 6.07) is 9.31. The van der Waals surface area contributed by atoms with Gasteiger partial charge in [0, 0.05) is 30.1 Å². The first kappa shape index (κ1) is 11.3. The highest BCUT2D eigenvalue weighted by molar-refractivity contribution is 5.88.